The number of rotatable bonds is 6. The van der Waals surface area contributed by atoms with Gasteiger partial charge < -0.3 is 15.5 Å². The standard InChI is InChI=1S/C9H18N2O4/c12-7(5-10-9(13)14)6-11-15-8-3-1-2-4-8/h7-8,10-12H,1-6H2,(H,13,14). The highest BCUT2D eigenvalue weighted by molar-refractivity contribution is 5.64. The van der Waals surface area contributed by atoms with Crippen molar-refractivity contribution in [3.8, 4) is 0 Å². The molecule has 88 valence electrons. The second-order valence-electron chi connectivity index (χ2n) is 3.71. The lowest BCUT2D eigenvalue weighted by molar-refractivity contribution is -0.0363. The fraction of sp³-hybridized carbons (Fsp3) is 0.889. The molecule has 1 aliphatic carbocycles. The molecule has 0 aromatic rings. The van der Waals surface area contributed by atoms with E-state index in [4.69, 9.17) is 9.94 Å². The van der Waals surface area contributed by atoms with Gasteiger partial charge >= 0.3 is 6.09 Å². The van der Waals surface area contributed by atoms with Crippen molar-refractivity contribution in [1.82, 2.24) is 10.8 Å². The van der Waals surface area contributed by atoms with Gasteiger partial charge in [0.15, 0.2) is 0 Å². The van der Waals surface area contributed by atoms with Crippen molar-refractivity contribution in [3.05, 3.63) is 0 Å². The lowest BCUT2D eigenvalue weighted by atomic mass is 10.3. The minimum atomic E-state index is -1.13. The van der Waals surface area contributed by atoms with Gasteiger partial charge in [0.2, 0.25) is 0 Å². The van der Waals surface area contributed by atoms with Gasteiger partial charge in [-0.25, -0.2) is 4.79 Å². The second-order valence-corrected chi connectivity index (χ2v) is 3.71. The highest BCUT2D eigenvalue weighted by Crippen LogP contribution is 2.19. The Morgan fingerprint density at radius 1 is 1.40 bits per heavy atom. The van der Waals surface area contributed by atoms with E-state index in [-0.39, 0.29) is 19.2 Å². The molecule has 4 N–H and O–H groups in total. The molecule has 1 unspecified atom stereocenters. The van der Waals surface area contributed by atoms with Crippen LogP contribution in [0.3, 0.4) is 0 Å². The van der Waals surface area contributed by atoms with Crippen LogP contribution in [0.1, 0.15) is 25.7 Å². The molecule has 1 amide bonds. The van der Waals surface area contributed by atoms with E-state index in [0.717, 1.165) is 12.8 Å². The first-order valence-corrected chi connectivity index (χ1v) is 5.22. The topological polar surface area (TPSA) is 90.8 Å². The number of aliphatic hydroxyl groups excluding tert-OH is 1. The van der Waals surface area contributed by atoms with Crippen molar-refractivity contribution >= 4 is 6.09 Å². The average Bonchev–Trinajstić information content (AvgIpc) is 2.67. The Morgan fingerprint density at radius 2 is 2.07 bits per heavy atom. The summed E-state index contributed by atoms with van der Waals surface area (Å²) >= 11 is 0. The summed E-state index contributed by atoms with van der Waals surface area (Å²) in [7, 11) is 0. The lowest BCUT2D eigenvalue weighted by Gasteiger charge is -2.14. The smallest absolute Gasteiger partial charge is 0.404 e. The van der Waals surface area contributed by atoms with Crippen LogP contribution in [0.15, 0.2) is 0 Å². The first kappa shape index (κ1) is 12.2. The summed E-state index contributed by atoms with van der Waals surface area (Å²) in [4.78, 5) is 15.4. The number of hydrogen-bond donors (Lipinski definition) is 4. The van der Waals surface area contributed by atoms with E-state index in [0.29, 0.717) is 0 Å². The molecule has 0 heterocycles. The number of hydroxylamine groups is 1. The van der Waals surface area contributed by atoms with Gasteiger partial charge in [0.1, 0.15) is 0 Å². The SMILES string of the molecule is O=C(O)NCC(O)CNOC1CCCC1. The average molecular weight is 218 g/mol. The number of amides is 1. The molecule has 1 fully saturated rings. The van der Waals surface area contributed by atoms with Crippen LogP contribution in [0.2, 0.25) is 0 Å². The zero-order chi connectivity index (χ0) is 11.1. The van der Waals surface area contributed by atoms with Gasteiger partial charge in [-0.05, 0) is 12.8 Å². The molecular weight excluding hydrogens is 200 g/mol. The Bertz CT molecular complexity index is 195. The molecule has 0 radical (unpaired) electrons. The first-order chi connectivity index (χ1) is 7.18. The summed E-state index contributed by atoms with van der Waals surface area (Å²) < 4.78 is 0. The molecule has 0 bridgehead atoms. The summed E-state index contributed by atoms with van der Waals surface area (Å²) in [6.07, 6.45) is 2.83. The van der Waals surface area contributed by atoms with Crippen LogP contribution in [0, 0.1) is 0 Å². The molecule has 0 spiro atoms. The van der Waals surface area contributed by atoms with Crippen molar-refractivity contribution in [2.75, 3.05) is 13.1 Å². The first-order valence-electron chi connectivity index (χ1n) is 5.22. The van der Waals surface area contributed by atoms with Gasteiger partial charge in [0.05, 0.1) is 12.2 Å². The number of carbonyl (C=O) groups is 1. The second kappa shape index (κ2) is 6.60. The quantitative estimate of drug-likeness (QED) is 0.474. The van der Waals surface area contributed by atoms with Crippen LogP contribution in [0.4, 0.5) is 4.79 Å². The van der Waals surface area contributed by atoms with Crippen LogP contribution < -0.4 is 10.8 Å². The highest BCUT2D eigenvalue weighted by Gasteiger charge is 2.15. The minimum absolute atomic E-state index is 0.0103. The molecule has 6 heteroatoms. The van der Waals surface area contributed by atoms with Gasteiger partial charge in [-0.2, -0.15) is 5.48 Å². The predicted molar refractivity (Wildman–Crippen MR) is 53.4 cm³/mol. The summed E-state index contributed by atoms with van der Waals surface area (Å²) in [5.74, 6) is 0. The molecule has 6 nitrogen and oxygen atoms in total. The maximum atomic E-state index is 10.1. The molecular formula is C9H18N2O4. The Hall–Kier alpha value is -0.850. The Balaban J connectivity index is 1.96. The summed E-state index contributed by atoms with van der Waals surface area (Å²) in [6.45, 7) is 0.243. The van der Waals surface area contributed by atoms with Crippen LogP contribution >= 0.6 is 0 Å². The van der Waals surface area contributed by atoms with E-state index >= 15 is 0 Å². The molecule has 1 aliphatic rings. The van der Waals surface area contributed by atoms with Crippen molar-refractivity contribution in [1.29, 1.82) is 0 Å². The Labute approximate surface area is 88.6 Å². The Morgan fingerprint density at radius 3 is 2.67 bits per heavy atom. The summed E-state index contributed by atoms with van der Waals surface area (Å²) in [6, 6.07) is 0. The fourth-order valence-corrected chi connectivity index (χ4v) is 1.55. The van der Waals surface area contributed by atoms with E-state index in [1.807, 2.05) is 0 Å². The number of aliphatic hydroxyl groups is 1. The van der Waals surface area contributed by atoms with Crippen molar-refractivity contribution in [3.63, 3.8) is 0 Å². The number of nitrogens with one attached hydrogen (secondary N) is 2. The van der Waals surface area contributed by atoms with Crippen LogP contribution in [0.25, 0.3) is 0 Å². The van der Waals surface area contributed by atoms with Crippen molar-refractivity contribution < 1.29 is 19.8 Å². The maximum absolute atomic E-state index is 10.1. The zero-order valence-electron chi connectivity index (χ0n) is 8.61. The fourth-order valence-electron chi connectivity index (χ4n) is 1.55. The molecule has 15 heavy (non-hydrogen) atoms. The van der Waals surface area contributed by atoms with Crippen LogP contribution in [-0.2, 0) is 4.84 Å². The third-order valence-electron chi connectivity index (χ3n) is 2.36. The monoisotopic (exact) mass is 218 g/mol. The molecule has 0 aliphatic heterocycles. The van der Waals surface area contributed by atoms with E-state index in [1.165, 1.54) is 12.8 Å². The minimum Gasteiger partial charge on any atom is -0.465 e. The van der Waals surface area contributed by atoms with Crippen LogP contribution in [-0.4, -0.2) is 41.6 Å². The van der Waals surface area contributed by atoms with Crippen LogP contribution in [0.5, 0.6) is 0 Å². The third kappa shape index (κ3) is 5.56. The highest BCUT2D eigenvalue weighted by atomic mass is 16.7. The maximum Gasteiger partial charge on any atom is 0.404 e. The van der Waals surface area contributed by atoms with E-state index in [2.05, 4.69) is 10.8 Å². The molecule has 0 aromatic carbocycles. The largest absolute Gasteiger partial charge is 0.465 e. The molecule has 1 atom stereocenters. The molecule has 0 aromatic heterocycles. The van der Waals surface area contributed by atoms with Crippen molar-refractivity contribution in [2.24, 2.45) is 0 Å². The number of hydrogen-bond acceptors (Lipinski definition) is 4. The van der Waals surface area contributed by atoms with Gasteiger partial charge in [0, 0.05) is 13.1 Å². The van der Waals surface area contributed by atoms with Gasteiger partial charge in [0.25, 0.3) is 0 Å². The normalized spacial score (nSPS) is 19.0. The molecule has 0 saturated heterocycles. The van der Waals surface area contributed by atoms with Gasteiger partial charge in [-0.1, -0.05) is 12.8 Å². The van der Waals surface area contributed by atoms with Gasteiger partial charge in [-0.15, -0.1) is 0 Å². The number of carboxylic acid groups (broad SMARTS) is 1. The summed E-state index contributed by atoms with van der Waals surface area (Å²) in [5, 5.41) is 19.7. The third-order valence-corrected chi connectivity index (χ3v) is 2.36. The molecule has 1 rings (SSSR count). The van der Waals surface area contributed by atoms with Gasteiger partial charge in [-0.3, -0.25) is 4.84 Å². The predicted octanol–water partition coefficient (Wildman–Crippen LogP) is 0.0787. The van der Waals surface area contributed by atoms with Crippen molar-refractivity contribution in [2.45, 2.75) is 37.9 Å². The Kier molecular flexibility index (Phi) is 5.38. The summed E-state index contributed by atoms with van der Waals surface area (Å²) in [5.41, 5.74) is 2.67. The van der Waals surface area contributed by atoms with E-state index in [9.17, 15) is 9.90 Å². The lowest BCUT2D eigenvalue weighted by Crippen LogP contribution is -2.38. The molecule has 1 saturated carbocycles. The zero-order valence-corrected chi connectivity index (χ0v) is 8.61. The van der Waals surface area contributed by atoms with E-state index in [1.54, 1.807) is 0 Å². The van der Waals surface area contributed by atoms with E-state index < -0.39 is 12.2 Å².